The lowest BCUT2D eigenvalue weighted by molar-refractivity contribution is 0.459. The van der Waals surface area contributed by atoms with Crippen LogP contribution in [0.3, 0.4) is 0 Å². The van der Waals surface area contributed by atoms with Gasteiger partial charge in [0.15, 0.2) is 0 Å². The Morgan fingerprint density at radius 3 is 1.74 bits per heavy atom. The van der Waals surface area contributed by atoms with E-state index < -0.39 is 0 Å². The Bertz CT molecular complexity index is 3110. The second kappa shape index (κ2) is 22.6. The molecule has 0 N–H and O–H groups in total. The maximum absolute atomic E-state index is 7.06. The van der Waals surface area contributed by atoms with Crippen molar-refractivity contribution in [3.63, 3.8) is 0 Å². The number of hydrogen-bond acceptors (Lipinski definition) is 4. The van der Waals surface area contributed by atoms with Gasteiger partial charge in [-0.25, -0.2) is 0 Å². The van der Waals surface area contributed by atoms with Crippen LogP contribution in [-0.4, -0.2) is 6.71 Å². The van der Waals surface area contributed by atoms with Gasteiger partial charge >= 0.3 is 0 Å². The third-order valence-electron chi connectivity index (χ3n) is 16.0. The first-order valence-electron chi connectivity index (χ1n) is 28.1. The van der Waals surface area contributed by atoms with Gasteiger partial charge in [-0.15, -0.1) is 0 Å². The van der Waals surface area contributed by atoms with E-state index in [0.29, 0.717) is 11.8 Å². The van der Waals surface area contributed by atoms with Crippen LogP contribution < -0.4 is 31.1 Å². The summed E-state index contributed by atoms with van der Waals surface area (Å²) in [4.78, 5) is 7.72. The minimum absolute atomic E-state index is 0.0407. The second-order valence-electron chi connectivity index (χ2n) is 21.0. The number of anilines is 9. The summed E-state index contributed by atoms with van der Waals surface area (Å²) >= 11 is 0. The Kier molecular flexibility index (Phi) is 15.4. The van der Waals surface area contributed by atoms with E-state index in [9.17, 15) is 0 Å². The maximum atomic E-state index is 7.06. The van der Waals surface area contributed by atoms with Crippen LogP contribution in [0.15, 0.2) is 162 Å². The van der Waals surface area contributed by atoms with Crippen molar-refractivity contribution >= 4 is 91.3 Å². The van der Waals surface area contributed by atoms with Crippen molar-refractivity contribution in [2.24, 2.45) is 5.92 Å². The van der Waals surface area contributed by atoms with Crippen LogP contribution in [0.2, 0.25) is 0 Å². The van der Waals surface area contributed by atoms with Crippen LogP contribution in [0.25, 0.3) is 17.0 Å². The van der Waals surface area contributed by atoms with Gasteiger partial charge in [0.05, 0.1) is 5.69 Å². The lowest BCUT2D eigenvalue weighted by Crippen LogP contribution is -2.61. The number of fused-ring (bicyclic) bond motifs is 6. The summed E-state index contributed by atoms with van der Waals surface area (Å²) in [6.45, 7) is 16.1. The minimum atomic E-state index is -0.0407. The molecule has 2 aliphatic rings. The van der Waals surface area contributed by atoms with E-state index in [1.165, 1.54) is 130 Å². The third kappa shape index (κ3) is 9.81. The Morgan fingerprint density at radius 2 is 1.16 bits per heavy atom. The molecular weight excluding hydrogens is 886 g/mol. The number of rotatable bonds is 21. The third-order valence-corrected chi connectivity index (χ3v) is 16.0. The molecule has 3 heterocycles. The first-order chi connectivity index (χ1) is 35.9. The fourth-order valence-electron chi connectivity index (χ4n) is 12.0. The highest BCUT2D eigenvalue weighted by molar-refractivity contribution is 7.00. The quantitative estimate of drug-likeness (QED) is 0.0670. The van der Waals surface area contributed by atoms with Gasteiger partial charge < -0.3 is 19.1 Å². The summed E-state index contributed by atoms with van der Waals surface area (Å²) in [7, 11) is 0. The Balaban J connectivity index is 1.31. The SMILES string of the molecule is C/C=C\c1oc2ccc3c(c2c1C[C@@H](CC)CCC)N(c1ccc(CCCC)cc1)c1cc(C(C)CCCC)cc2c1B3c1ccc(N(c3ccccc3)c3ccccc3)cc1N2c1ccc(CCCC)cc1. The minimum Gasteiger partial charge on any atom is -0.456 e. The number of allylic oxidation sites excluding steroid dienone is 1. The van der Waals surface area contributed by atoms with E-state index >= 15 is 0 Å². The zero-order valence-electron chi connectivity index (χ0n) is 44.8. The van der Waals surface area contributed by atoms with Crippen LogP contribution in [0.1, 0.15) is 147 Å². The van der Waals surface area contributed by atoms with Crippen molar-refractivity contribution in [2.45, 2.75) is 138 Å². The lowest BCUT2D eigenvalue weighted by atomic mass is 9.33. The number of aryl methyl sites for hydroxylation is 2. The predicted octanol–water partition coefficient (Wildman–Crippen LogP) is 18.4. The normalized spacial score (nSPS) is 13.6. The highest BCUT2D eigenvalue weighted by atomic mass is 16.3. The van der Waals surface area contributed by atoms with Crippen molar-refractivity contribution in [3.8, 4) is 0 Å². The molecule has 10 rings (SSSR count). The Morgan fingerprint density at radius 1 is 0.575 bits per heavy atom. The van der Waals surface area contributed by atoms with Gasteiger partial charge in [-0.05, 0) is 175 Å². The number of nitrogens with zero attached hydrogens (tertiary/aromatic N) is 3. The van der Waals surface area contributed by atoms with Crippen molar-refractivity contribution in [2.75, 3.05) is 14.7 Å². The molecule has 372 valence electrons. The van der Waals surface area contributed by atoms with Crippen molar-refractivity contribution in [1.29, 1.82) is 0 Å². The first kappa shape index (κ1) is 49.8. The zero-order valence-corrected chi connectivity index (χ0v) is 44.8. The van der Waals surface area contributed by atoms with E-state index in [1.807, 2.05) is 0 Å². The van der Waals surface area contributed by atoms with Gasteiger partial charge in [0.1, 0.15) is 11.3 Å². The molecule has 0 bridgehead atoms. The monoisotopic (exact) mass is 962 g/mol. The molecule has 0 aliphatic carbocycles. The fraction of sp³-hybridized carbons (Fsp3) is 0.324. The van der Waals surface area contributed by atoms with Gasteiger partial charge in [-0.2, -0.15) is 0 Å². The van der Waals surface area contributed by atoms with E-state index in [0.717, 1.165) is 60.5 Å². The average molecular weight is 962 g/mol. The molecule has 8 aromatic rings. The van der Waals surface area contributed by atoms with Crippen LogP contribution in [0.4, 0.5) is 51.2 Å². The first-order valence-corrected chi connectivity index (χ1v) is 28.1. The summed E-state index contributed by atoms with van der Waals surface area (Å²) in [5.74, 6) is 1.91. The topological polar surface area (TPSA) is 22.9 Å². The highest BCUT2D eigenvalue weighted by Crippen LogP contribution is 2.50. The molecule has 1 unspecified atom stereocenters. The number of benzene rings is 7. The van der Waals surface area contributed by atoms with Crippen molar-refractivity contribution in [3.05, 3.63) is 186 Å². The lowest BCUT2D eigenvalue weighted by Gasteiger charge is -2.45. The van der Waals surface area contributed by atoms with Crippen LogP contribution in [0, 0.1) is 5.92 Å². The average Bonchev–Trinajstić information content (AvgIpc) is 3.78. The fourth-order valence-corrected chi connectivity index (χ4v) is 12.0. The van der Waals surface area contributed by atoms with Gasteiger partial charge in [0, 0.05) is 56.4 Å². The smallest absolute Gasteiger partial charge is 0.252 e. The van der Waals surface area contributed by atoms with Crippen LogP contribution in [0.5, 0.6) is 0 Å². The van der Waals surface area contributed by atoms with Gasteiger partial charge in [0.25, 0.3) is 6.71 Å². The van der Waals surface area contributed by atoms with Gasteiger partial charge in [0.2, 0.25) is 0 Å². The standard InChI is InChI=1S/C68H76BN3O/c1-8-14-25-48(7)52-45-62-67-63(46-52)72(56-38-34-51(35-39-56)27-16-10-3)68-60(42-43-65-66(68)58(64(73-65)24-12-5)44-49(13-6)23-11-4)69(67)59-41-40-57(70(53-28-19-17-20-29-53)54-30-21-18-22-31-54)47-61(59)71(62)55-36-32-50(33-37-55)26-15-9-2/h12,17-22,24,28-43,45-49H,8-11,13-16,23,25-27,44H2,1-7H3/b24-12-/t48?,49-/m0/s1. The Hall–Kier alpha value is -6.72. The number of unbranched alkanes of at least 4 members (excludes halogenated alkanes) is 3. The number of furan rings is 1. The molecule has 0 saturated heterocycles. The molecule has 7 aromatic carbocycles. The molecule has 0 spiro atoms. The molecule has 0 fully saturated rings. The molecule has 2 atom stereocenters. The van der Waals surface area contributed by atoms with Crippen molar-refractivity contribution < 1.29 is 4.42 Å². The molecular formula is C68H76BN3O. The molecule has 0 saturated carbocycles. The van der Waals surface area contributed by atoms with Gasteiger partial charge in [-0.1, -0.05) is 165 Å². The molecule has 1 aromatic heterocycles. The molecule has 2 aliphatic heterocycles. The van der Waals surface area contributed by atoms with E-state index in [4.69, 9.17) is 4.42 Å². The van der Waals surface area contributed by atoms with E-state index in [1.54, 1.807) is 0 Å². The Labute approximate surface area is 437 Å². The number of para-hydroxylation sites is 2. The molecule has 4 nitrogen and oxygen atoms in total. The summed E-state index contributed by atoms with van der Waals surface area (Å²) in [5.41, 5.74) is 21.3. The maximum Gasteiger partial charge on any atom is 0.252 e. The molecule has 73 heavy (non-hydrogen) atoms. The second-order valence-corrected chi connectivity index (χ2v) is 21.0. The zero-order chi connectivity index (χ0) is 50.4. The van der Waals surface area contributed by atoms with Crippen LogP contribution in [-0.2, 0) is 19.3 Å². The summed E-state index contributed by atoms with van der Waals surface area (Å²) in [5, 5.41) is 1.26. The molecule has 5 heteroatoms. The van der Waals surface area contributed by atoms with E-state index in [2.05, 4.69) is 227 Å². The largest absolute Gasteiger partial charge is 0.456 e. The highest BCUT2D eigenvalue weighted by Gasteiger charge is 2.45. The summed E-state index contributed by atoms with van der Waals surface area (Å²) < 4.78 is 7.06. The molecule has 0 radical (unpaired) electrons. The molecule has 0 amide bonds. The van der Waals surface area contributed by atoms with Crippen LogP contribution >= 0.6 is 0 Å². The summed E-state index contributed by atoms with van der Waals surface area (Å²) in [6, 6.07) is 58.1. The van der Waals surface area contributed by atoms with Crippen molar-refractivity contribution in [1.82, 2.24) is 0 Å². The van der Waals surface area contributed by atoms with Gasteiger partial charge in [-0.3, -0.25) is 0 Å². The number of hydrogen-bond donors (Lipinski definition) is 0. The predicted molar refractivity (Wildman–Crippen MR) is 317 cm³/mol. The van der Waals surface area contributed by atoms with E-state index in [-0.39, 0.29) is 6.71 Å². The summed E-state index contributed by atoms with van der Waals surface area (Å²) in [6.07, 6.45) is 19.2.